The van der Waals surface area contributed by atoms with Gasteiger partial charge in [0, 0.05) is 13.1 Å². The molecule has 4 heteroatoms. The molecule has 0 aliphatic carbocycles. The van der Waals surface area contributed by atoms with Gasteiger partial charge in [0.25, 0.3) is 0 Å². The van der Waals surface area contributed by atoms with Crippen molar-refractivity contribution < 1.29 is 14.3 Å². The number of rotatable bonds is 5. The molecule has 2 aliphatic heterocycles. The summed E-state index contributed by atoms with van der Waals surface area (Å²) in [6.45, 7) is 4.87. The molecule has 0 bridgehead atoms. The number of esters is 1. The molecule has 32 heavy (non-hydrogen) atoms. The Morgan fingerprint density at radius 3 is 2.59 bits per heavy atom. The van der Waals surface area contributed by atoms with E-state index in [4.69, 9.17) is 9.47 Å². The first-order valence-electron chi connectivity index (χ1n) is 11.4. The minimum Gasteiger partial charge on any atom is -0.458 e. The zero-order chi connectivity index (χ0) is 22.2. The fourth-order valence-corrected chi connectivity index (χ4v) is 4.45. The van der Waals surface area contributed by atoms with E-state index >= 15 is 0 Å². The molecule has 2 atom stereocenters. The summed E-state index contributed by atoms with van der Waals surface area (Å²) in [6.07, 6.45) is 11.4. The molecule has 0 radical (unpaired) electrons. The van der Waals surface area contributed by atoms with Crippen LogP contribution in [0.2, 0.25) is 0 Å². The molecule has 0 N–H and O–H groups in total. The van der Waals surface area contributed by atoms with Gasteiger partial charge in [-0.25, -0.2) is 4.79 Å². The summed E-state index contributed by atoms with van der Waals surface area (Å²) in [6, 6.07) is 20.1. The smallest absolute Gasteiger partial charge is 0.347 e. The van der Waals surface area contributed by atoms with Gasteiger partial charge >= 0.3 is 5.97 Å². The normalized spacial score (nSPS) is 27.8. The number of carbonyl (C=O) groups is 1. The number of allylic oxidation sites excluding steroid dienone is 4. The van der Waals surface area contributed by atoms with Crippen molar-refractivity contribution in [2.75, 3.05) is 19.7 Å². The second-order valence-corrected chi connectivity index (χ2v) is 8.41. The number of likely N-dealkylation sites (tertiary alicyclic amines) is 1. The number of ether oxygens (including phenoxy) is 2. The largest absolute Gasteiger partial charge is 0.458 e. The Labute approximate surface area is 190 Å². The number of benzene rings is 2. The van der Waals surface area contributed by atoms with E-state index in [1.807, 2.05) is 73.7 Å². The molecule has 2 aromatic rings. The Bertz CT molecular complexity index is 980. The van der Waals surface area contributed by atoms with E-state index in [0.717, 1.165) is 43.6 Å². The highest BCUT2D eigenvalue weighted by Gasteiger charge is 2.46. The zero-order valence-corrected chi connectivity index (χ0v) is 18.7. The molecule has 2 aromatic carbocycles. The van der Waals surface area contributed by atoms with Crippen molar-refractivity contribution in [1.82, 2.24) is 4.90 Å². The van der Waals surface area contributed by atoms with Crippen molar-refractivity contribution in [3.05, 3.63) is 108 Å². The van der Waals surface area contributed by atoms with Crippen LogP contribution < -0.4 is 0 Å². The Hall–Kier alpha value is -2.95. The van der Waals surface area contributed by atoms with Gasteiger partial charge in [-0.3, -0.25) is 4.90 Å². The molecule has 166 valence electrons. The highest BCUT2D eigenvalue weighted by atomic mass is 16.6. The molecule has 2 heterocycles. The van der Waals surface area contributed by atoms with Gasteiger partial charge in [-0.15, -0.1) is 0 Å². The van der Waals surface area contributed by atoms with Crippen molar-refractivity contribution in [2.45, 2.75) is 38.0 Å². The van der Waals surface area contributed by atoms with Gasteiger partial charge in [-0.2, -0.15) is 0 Å². The van der Waals surface area contributed by atoms with Crippen LogP contribution in [0.1, 0.15) is 30.9 Å². The second kappa shape index (κ2) is 10.6. The molecule has 1 fully saturated rings. The third-order valence-electron chi connectivity index (χ3n) is 6.11. The molecule has 0 amide bonds. The summed E-state index contributed by atoms with van der Waals surface area (Å²) < 4.78 is 12.5. The van der Waals surface area contributed by atoms with Crippen LogP contribution in [-0.4, -0.2) is 36.7 Å². The fourth-order valence-electron chi connectivity index (χ4n) is 4.45. The third-order valence-corrected chi connectivity index (χ3v) is 6.11. The van der Waals surface area contributed by atoms with Crippen LogP contribution in [0, 0.1) is 0 Å². The van der Waals surface area contributed by atoms with Crippen molar-refractivity contribution >= 4 is 5.97 Å². The first-order valence-corrected chi connectivity index (χ1v) is 11.4. The van der Waals surface area contributed by atoms with Gasteiger partial charge in [0.05, 0.1) is 6.61 Å². The summed E-state index contributed by atoms with van der Waals surface area (Å²) >= 11 is 0. The third kappa shape index (κ3) is 5.09. The molecule has 0 aromatic heterocycles. The quantitative estimate of drug-likeness (QED) is 0.614. The van der Waals surface area contributed by atoms with Crippen molar-refractivity contribution in [1.29, 1.82) is 0 Å². The van der Waals surface area contributed by atoms with Gasteiger partial charge in [-0.1, -0.05) is 91.0 Å². The van der Waals surface area contributed by atoms with Gasteiger partial charge in [0.1, 0.15) is 6.10 Å². The average molecular weight is 430 g/mol. The number of nitrogens with zero attached hydrogens (tertiary/aromatic N) is 1. The maximum absolute atomic E-state index is 13.8. The van der Waals surface area contributed by atoms with Crippen LogP contribution in [0.4, 0.5) is 0 Å². The lowest BCUT2D eigenvalue weighted by Crippen LogP contribution is -2.46. The summed E-state index contributed by atoms with van der Waals surface area (Å²) in [5, 5.41) is 0. The van der Waals surface area contributed by atoms with Crippen LogP contribution in [-0.2, 0) is 26.4 Å². The van der Waals surface area contributed by atoms with Gasteiger partial charge in [0.15, 0.2) is 0 Å². The maximum atomic E-state index is 13.8. The highest BCUT2D eigenvalue weighted by molar-refractivity contribution is 5.85. The Kier molecular flexibility index (Phi) is 7.35. The van der Waals surface area contributed by atoms with E-state index in [1.54, 1.807) is 0 Å². The number of hydrogen-bond acceptors (Lipinski definition) is 4. The molecule has 4 nitrogen and oxygen atoms in total. The lowest BCUT2D eigenvalue weighted by Gasteiger charge is -2.37. The molecule has 2 aliphatic rings. The first-order chi connectivity index (χ1) is 15.7. The standard InChI is InChI=1S/C28H31NO3/c1-23-13-6-2-3-11-20-31-28(23,25-16-9-5-10-17-25)27(30)32-26-18-12-19-29(22-26)21-24-14-7-4-8-15-24/h2-11,13-17,26H,12,18-22H2,1H3/b6-2-,11-3-,23-13+/t26-,28?/m0/s1. The Morgan fingerprint density at radius 1 is 1.06 bits per heavy atom. The van der Waals surface area contributed by atoms with Crippen LogP contribution >= 0.6 is 0 Å². The topological polar surface area (TPSA) is 38.8 Å². The highest BCUT2D eigenvalue weighted by Crippen LogP contribution is 2.36. The van der Waals surface area contributed by atoms with Gasteiger partial charge in [0.2, 0.25) is 5.60 Å². The maximum Gasteiger partial charge on any atom is 0.347 e. The fraction of sp³-hybridized carbons (Fsp3) is 0.321. The monoisotopic (exact) mass is 429 g/mol. The molecular formula is C28H31NO3. The van der Waals surface area contributed by atoms with Gasteiger partial charge in [-0.05, 0) is 43.0 Å². The van der Waals surface area contributed by atoms with Crippen LogP contribution in [0.3, 0.4) is 0 Å². The SMILES string of the molecule is C\C1=C/C=C\C=C/COC1(C(=O)O[C@H]1CCCN(Cc2ccccc2)C1)c1ccccc1. The summed E-state index contributed by atoms with van der Waals surface area (Å²) in [5.74, 6) is -0.340. The molecular weight excluding hydrogens is 398 g/mol. The van der Waals surface area contributed by atoms with Crippen LogP contribution in [0.15, 0.2) is 96.6 Å². The Balaban J connectivity index is 1.56. The second-order valence-electron chi connectivity index (χ2n) is 8.41. The van der Waals surface area contributed by atoms with E-state index in [-0.39, 0.29) is 12.1 Å². The molecule has 1 unspecified atom stereocenters. The lowest BCUT2D eigenvalue weighted by atomic mass is 9.86. The lowest BCUT2D eigenvalue weighted by molar-refractivity contribution is -0.176. The predicted molar refractivity (Wildman–Crippen MR) is 127 cm³/mol. The molecule has 0 saturated carbocycles. The van der Waals surface area contributed by atoms with E-state index in [1.165, 1.54) is 5.56 Å². The van der Waals surface area contributed by atoms with Crippen LogP contribution in [0.5, 0.6) is 0 Å². The summed E-state index contributed by atoms with van der Waals surface area (Å²) in [4.78, 5) is 16.2. The summed E-state index contributed by atoms with van der Waals surface area (Å²) in [7, 11) is 0. The average Bonchev–Trinajstić information content (AvgIpc) is 2.91. The molecule has 1 saturated heterocycles. The molecule has 4 rings (SSSR count). The predicted octanol–water partition coefficient (Wildman–Crippen LogP) is 5.18. The van der Waals surface area contributed by atoms with E-state index in [2.05, 4.69) is 29.2 Å². The number of carbonyl (C=O) groups excluding carboxylic acids is 1. The first kappa shape index (κ1) is 22.3. The number of hydrogen-bond donors (Lipinski definition) is 0. The van der Waals surface area contributed by atoms with E-state index < -0.39 is 5.60 Å². The minimum absolute atomic E-state index is 0.157. The van der Waals surface area contributed by atoms with Gasteiger partial charge < -0.3 is 9.47 Å². The van der Waals surface area contributed by atoms with Crippen molar-refractivity contribution in [3.63, 3.8) is 0 Å². The van der Waals surface area contributed by atoms with E-state index in [0.29, 0.717) is 6.61 Å². The van der Waals surface area contributed by atoms with E-state index in [9.17, 15) is 4.79 Å². The molecule has 0 spiro atoms. The van der Waals surface area contributed by atoms with Crippen molar-refractivity contribution in [3.8, 4) is 0 Å². The Morgan fingerprint density at radius 2 is 1.81 bits per heavy atom. The zero-order valence-electron chi connectivity index (χ0n) is 18.7. The summed E-state index contributed by atoms with van der Waals surface area (Å²) in [5.41, 5.74) is 1.62. The number of piperidine rings is 1. The van der Waals surface area contributed by atoms with Crippen LogP contribution in [0.25, 0.3) is 0 Å². The van der Waals surface area contributed by atoms with Crippen molar-refractivity contribution in [2.24, 2.45) is 0 Å². The minimum atomic E-state index is -1.26.